The lowest BCUT2D eigenvalue weighted by Gasteiger charge is -2.29. The van der Waals surface area contributed by atoms with Gasteiger partial charge in [0.2, 0.25) is 0 Å². The van der Waals surface area contributed by atoms with Crippen LogP contribution in [0.1, 0.15) is 39.0 Å². The Labute approximate surface area is 191 Å². The summed E-state index contributed by atoms with van der Waals surface area (Å²) in [7, 11) is 1.31. The molecular formula is C23H19FN4O6. The first-order valence-corrected chi connectivity index (χ1v) is 10.6. The summed E-state index contributed by atoms with van der Waals surface area (Å²) in [6.07, 6.45) is -0.903. The van der Waals surface area contributed by atoms with Crippen molar-refractivity contribution < 1.29 is 33.0 Å². The molecule has 174 valence electrons. The third-order valence-corrected chi connectivity index (χ3v) is 6.66. The highest BCUT2D eigenvalue weighted by Gasteiger charge is 2.53. The maximum Gasteiger partial charge on any atom is 0.322 e. The number of urea groups is 1. The lowest BCUT2D eigenvalue weighted by molar-refractivity contribution is -0.125. The van der Waals surface area contributed by atoms with Crippen molar-refractivity contribution in [1.29, 1.82) is 0 Å². The third-order valence-electron chi connectivity index (χ3n) is 6.66. The van der Waals surface area contributed by atoms with E-state index in [9.17, 15) is 23.9 Å². The second kappa shape index (κ2) is 7.02. The number of aliphatic hydroxyl groups excluding tert-OH is 1. The molecular weight excluding hydrogens is 447 g/mol. The van der Waals surface area contributed by atoms with Gasteiger partial charge in [0.1, 0.15) is 17.6 Å². The quantitative estimate of drug-likeness (QED) is 0.427. The first-order chi connectivity index (χ1) is 16.3. The number of ether oxygens (including phenoxy) is 1. The lowest BCUT2D eigenvalue weighted by atomic mass is 9.94. The Bertz CT molecular complexity index is 1420. The van der Waals surface area contributed by atoms with Gasteiger partial charge in [-0.2, -0.15) is 0 Å². The summed E-state index contributed by atoms with van der Waals surface area (Å²) in [5.74, 6) is -2.07. The van der Waals surface area contributed by atoms with Crippen molar-refractivity contribution in [2.45, 2.75) is 24.9 Å². The van der Waals surface area contributed by atoms with Crippen molar-refractivity contribution in [3.63, 3.8) is 0 Å². The number of imide groups is 1. The minimum atomic E-state index is -1.74. The Morgan fingerprint density at radius 3 is 2.76 bits per heavy atom. The van der Waals surface area contributed by atoms with Crippen LogP contribution in [0.25, 0.3) is 11.0 Å². The molecule has 2 atom stereocenters. The third kappa shape index (κ3) is 2.71. The molecule has 1 aromatic heterocycles. The molecule has 10 nitrogen and oxygen atoms in total. The first kappa shape index (κ1) is 20.6. The van der Waals surface area contributed by atoms with Crippen molar-refractivity contribution in [2.75, 3.05) is 13.7 Å². The van der Waals surface area contributed by atoms with Crippen molar-refractivity contribution in [1.82, 2.24) is 20.9 Å². The summed E-state index contributed by atoms with van der Waals surface area (Å²) in [5.41, 5.74) is 0.507. The zero-order valence-corrected chi connectivity index (χ0v) is 17.9. The zero-order valence-electron chi connectivity index (χ0n) is 17.9. The molecule has 0 radical (unpaired) electrons. The summed E-state index contributed by atoms with van der Waals surface area (Å²) >= 11 is 0. The molecule has 4 N–H and O–H groups in total. The van der Waals surface area contributed by atoms with Crippen LogP contribution in [0.4, 0.5) is 9.18 Å². The Hall–Kier alpha value is -3.96. The van der Waals surface area contributed by atoms with Gasteiger partial charge in [-0.3, -0.25) is 20.2 Å². The summed E-state index contributed by atoms with van der Waals surface area (Å²) in [4.78, 5) is 39.7. The maximum absolute atomic E-state index is 14.8. The van der Waals surface area contributed by atoms with E-state index in [1.807, 2.05) is 6.07 Å². The summed E-state index contributed by atoms with van der Waals surface area (Å²) in [5, 5.41) is 18.7. The fourth-order valence-electron chi connectivity index (χ4n) is 5.00. The molecule has 3 aliphatic rings. The molecule has 0 aliphatic carbocycles. The highest BCUT2D eigenvalue weighted by Crippen LogP contribution is 2.39. The normalized spacial score (nSPS) is 23.3. The molecule has 1 fully saturated rings. The van der Waals surface area contributed by atoms with Gasteiger partial charge in [0.05, 0.1) is 19.2 Å². The molecule has 3 aliphatic heterocycles. The lowest BCUT2D eigenvalue weighted by Crippen LogP contribution is -2.52. The number of carbonyl (C=O) groups excluding carboxylic acids is 3. The minimum absolute atomic E-state index is 0.0399. The molecule has 11 heteroatoms. The molecule has 2 unspecified atom stereocenters. The van der Waals surface area contributed by atoms with Crippen molar-refractivity contribution in [3.8, 4) is 5.75 Å². The van der Waals surface area contributed by atoms with Gasteiger partial charge in [0.25, 0.3) is 11.8 Å². The van der Waals surface area contributed by atoms with Crippen LogP contribution in [0.15, 0.2) is 34.7 Å². The monoisotopic (exact) mass is 466 g/mol. The largest absolute Gasteiger partial charge is 0.494 e. The van der Waals surface area contributed by atoms with E-state index in [2.05, 4.69) is 16.0 Å². The van der Waals surface area contributed by atoms with Gasteiger partial charge in [-0.15, -0.1) is 0 Å². The molecule has 0 spiro atoms. The Balaban J connectivity index is 1.43. The average Bonchev–Trinajstić information content (AvgIpc) is 3.54. The second-order valence-corrected chi connectivity index (χ2v) is 8.53. The number of hydrogen-bond donors (Lipinski definition) is 4. The molecule has 4 heterocycles. The number of amides is 4. The average molecular weight is 466 g/mol. The number of methoxy groups -OCH3 is 1. The number of furan rings is 1. The van der Waals surface area contributed by atoms with Gasteiger partial charge in [-0.25, -0.2) is 9.18 Å². The van der Waals surface area contributed by atoms with E-state index in [0.29, 0.717) is 28.6 Å². The molecule has 6 rings (SSSR count). The van der Waals surface area contributed by atoms with Gasteiger partial charge in [-0.1, -0.05) is 12.1 Å². The number of rotatable bonds is 4. The van der Waals surface area contributed by atoms with Gasteiger partial charge in [0.15, 0.2) is 17.1 Å². The molecule has 2 aromatic carbocycles. The Kier molecular flexibility index (Phi) is 4.26. The molecule has 34 heavy (non-hydrogen) atoms. The number of nitrogens with zero attached hydrogens (tertiary/aromatic N) is 1. The second-order valence-electron chi connectivity index (χ2n) is 8.53. The van der Waals surface area contributed by atoms with Crippen LogP contribution >= 0.6 is 0 Å². The van der Waals surface area contributed by atoms with Crippen LogP contribution in [-0.2, 0) is 23.4 Å². The van der Waals surface area contributed by atoms with Crippen LogP contribution in [0.2, 0.25) is 0 Å². The smallest absolute Gasteiger partial charge is 0.322 e. The van der Waals surface area contributed by atoms with E-state index in [0.717, 1.165) is 5.56 Å². The molecule has 0 saturated carbocycles. The summed E-state index contributed by atoms with van der Waals surface area (Å²) in [6, 6.07) is 7.41. The highest BCUT2D eigenvalue weighted by atomic mass is 19.1. The van der Waals surface area contributed by atoms with Crippen molar-refractivity contribution in [3.05, 3.63) is 64.2 Å². The fraction of sp³-hybridized carbons (Fsp3) is 0.261. The summed E-state index contributed by atoms with van der Waals surface area (Å²) in [6.45, 7) is 0.228. The Morgan fingerprint density at radius 1 is 1.24 bits per heavy atom. The van der Waals surface area contributed by atoms with E-state index in [-0.39, 0.29) is 30.2 Å². The van der Waals surface area contributed by atoms with Crippen LogP contribution in [0.5, 0.6) is 5.75 Å². The predicted molar refractivity (Wildman–Crippen MR) is 114 cm³/mol. The number of carbonyl (C=O) groups is 3. The number of hydrogen-bond acceptors (Lipinski definition) is 7. The van der Waals surface area contributed by atoms with Gasteiger partial charge in [0, 0.05) is 24.0 Å². The Morgan fingerprint density at radius 2 is 2.03 bits per heavy atom. The fourth-order valence-corrected chi connectivity index (χ4v) is 5.00. The van der Waals surface area contributed by atoms with Crippen molar-refractivity contribution >= 4 is 28.8 Å². The predicted octanol–water partition coefficient (Wildman–Crippen LogP) is 1.37. The molecule has 3 aromatic rings. The van der Waals surface area contributed by atoms with E-state index in [1.54, 1.807) is 18.2 Å². The van der Waals surface area contributed by atoms with Crippen LogP contribution in [-0.4, -0.2) is 41.5 Å². The minimum Gasteiger partial charge on any atom is -0.494 e. The number of fused-ring (bicyclic) bond motifs is 4. The van der Waals surface area contributed by atoms with E-state index < -0.39 is 35.4 Å². The number of benzene rings is 2. The number of halogens is 1. The topological polar surface area (TPSA) is 133 Å². The number of aliphatic hydroxyl groups is 1. The SMILES string of the molecule is COc1ccc2c(c1F)C(=O)N(CC1(c3cc4c5c(ccc4o3)CNC5O)NC(=O)NC1=O)C2. The molecule has 4 amide bonds. The first-order valence-electron chi connectivity index (χ1n) is 10.6. The van der Waals surface area contributed by atoms with E-state index in [1.165, 1.54) is 18.1 Å². The van der Waals surface area contributed by atoms with Crippen LogP contribution < -0.4 is 20.7 Å². The molecule has 1 saturated heterocycles. The van der Waals surface area contributed by atoms with E-state index in [4.69, 9.17) is 9.15 Å². The number of nitrogens with one attached hydrogen (secondary N) is 3. The maximum atomic E-state index is 14.8. The van der Waals surface area contributed by atoms with Crippen molar-refractivity contribution in [2.24, 2.45) is 0 Å². The highest BCUT2D eigenvalue weighted by molar-refractivity contribution is 6.08. The standard InChI is InChI=1S/C23H19FN4O6/c1-33-14-5-3-11-8-28(20(30)17(11)18(14)24)9-23(21(31)26-22(32)27-23)15-6-12-13(34-15)4-2-10-7-25-19(29)16(10)12/h2-6,19,25,29H,7-9H2,1H3,(H2,26,27,31,32). The van der Waals surface area contributed by atoms with Gasteiger partial charge < -0.3 is 24.5 Å². The van der Waals surface area contributed by atoms with Crippen LogP contribution in [0, 0.1) is 5.82 Å². The summed E-state index contributed by atoms with van der Waals surface area (Å²) < 4.78 is 25.8. The van der Waals surface area contributed by atoms with E-state index >= 15 is 0 Å². The zero-order chi connectivity index (χ0) is 23.8. The van der Waals surface area contributed by atoms with Gasteiger partial charge in [-0.05, 0) is 29.3 Å². The van der Waals surface area contributed by atoms with Gasteiger partial charge >= 0.3 is 6.03 Å². The van der Waals surface area contributed by atoms with Crippen LogP contribution in [0.3, 0.4) is 0 Å². The molecule has 0 bridgehead atoms.